The lowest BCUT2D eigenvalue weighted by atomic mass is 9.95. The summed E-state index contributed by atoms with van der Waals surface area (Å²) in [4.78, 5) is 44.4. The number of nitrogens with zero attached hydrogens (tertiary/aromatic N) is 1. The van der Waals surface area contributed by atoms with Crippen LogP contribution < -0.4 is 35.6 Å². The van der Waals surface area contributed by atoms with Gasteiger partial charge in [-0.15, -0.1) is 11.3 Å². The van der Waals surface area contributed by atoms with Gasteiger partial charge in [0.15, 0.2) is 16.6 Å². The highest BCUT2D eigenvalue weighted by atomic mass is 32.1. The number of aromatic nitrogens is 1. The number of thiazole rings is 1. The van der Waals surface area contributed by atoms with Crippen LogP contribution in [0.5, 0.6) is 17.2 Å². The summed E-state index contributed by atoms with van der Waals surface area (Å²) in [6.45, 7) is 3.15. The highest BCUT2D eigenvalue weighted by molar-refractivity contribution is 7.15. The van der Waals surface area contributed by atoms with Gasteiger partial charge in [0.1, 0.15) is 6.04 Å². The molecule has 0 radical (unpaired) electrons. The van der Waals surface area contributed by atoms with Gasteiger partial charge in [0.2, 0.25) is 23.0 Å². The molecule has 1 heterocycles. The van der Waals surface area contributed by atoms with Crippen LogP contribution in [0.25, 0.3) is 11.1 Å². The van der Waals surface area contributed by atoms with Gasteiger partial charge in [-0.05, 0) is 73.9 Å². The predicted octanol–water partition coefficient (Wildman–Crippen LogP) is 4.25. The maximum Gasteiger partial charge on any atom is 0.248 e. The lowest BCUT2D eigenvalue weighted by Crippen LogP contribution is -2.33. The fourth-order valence-corrected chi connectivity index (χ4v) is 6.64. The van der Waals surface area contributed by atoms with E-state index in [1.807, 2.05) is 12.1 Å². The number of amides is 2. The zero-order valence-corrected chi connectivity index (χ0v) is 24.6. The van der Waals surface area contributed by atoms with E-state index < -0.39 is 12.1 Å². The molecule has 216 valence electrons. The van der Waals surface area contributed by atoms with Crippen molar-refractivity contribution in [2.45, 2.75) is 58.0 Å². The molecule has 0 aliphatic heterocycles. The minimum absolute atomic E-state index is 0.204. The summed E-state index contributed by atoms with van der Waals surface area (Å²) in [5, 5.41) is 9.53. The Morgan fingerprint density at radius 3 is 2.51 bits per heavy atom. The summed E-state index contributed by atoms with van der Waals surface area (Å²) in [5.41, 5.74) is 4.07. The fourth-order valence-electron chi connectivity index (χ4n) is 5.58. The molecule has 11 heteroatoms. The summed E-state index contributed by atoms with van der Waals surface area (Å²) < 4.78 is 17.0. The number of anilines is 2. The van der Waals surface area contributed by atoms with Gasteiger partial charge >= 0.3 is 0 Å². The van der Waals surface area contributed by atoms with Crippen LogP contribution in [0.1, 0.15) is 54.4 Å². The van der Waals surface area contributed by atoms with Crippen molar-refractivity contribution in [3.63, 3.8) is 0 Å². The molecule has 3 N–H and O–H groups in total. The van der Waals surface area contributed by atoms with Crippen LogP contribution in [0.3, 0.4) is 0 Å². The van der Waals surface area contributed by atoms with Gasteiger partial charge in [0.25, 0.3) is 0 Å². The Morgan fingerprint density at radius 2 is 1.83 bits per heavy atom. The number of aryl methyl sites for hydroxylation is 3. The van der Waals surface area contributed by atoms with Crippen LogP contribution in [0.2, 0.25) is 0 Å². The van der Waals surface area contributed by atoms with Gasteiger partial charge in [-0.3, -0.25) is 14.4 Å². The minimum atomic E-state index is -0.707. The molecule has 0 spiro atoms. The molecule has 5 rings (SSSR count). The minimum Gasteiger partial charge on any atom is -0.493 e. The van der Waals surface area contributed by atoms with Crippen molar-refractivity contribution in [3.05, 3.63) is 56.2 Å². The van der Waals surface area contributed by atoms with E-state index in [0.29, 0.717) is 46.3 Å². The van der Waals surface area contributed by atoms with E-state index in [4.69, 9.17) is 14.2 Å². The van der Waals surface area contributed by atoms with E-state index in [0.717, 1.165) is 36.1 Å². The zero-order valence-electron chi connectivity index (χ0n) is 23.8. The molecule has 10 nitrogen and oxygen atoms in total. The summed E-state index contributed by atoms with van der Waals surface area (Å²) in [5.74, 6) is 0.945. The standard InChI is InChI=1S/C30H34N4O6S/c1-15(29(37)34-30-33-22-7-6-8-25(22)41-30)31-21-12-10-18-19(14-23(21)36)20(32-16(2)35)11-9-17-13-24(38-3)27(39-4)28(40-5)26(17)18/h10,12-15,20H,6-9,11H2,1-5H3,(H,31,36)(H,32,35)(H,33,34,37)/t15-,20+/m1/s1. The molecule has 1 aromatic heterocycles. The number of fused-ring (bicyclic) bond motifs is 4. The maximum absolute atomic E-state index is 13.5. The summed E-state index contributed by atoms with van der Waals surface area (Å²) in [7, 11) is 4.66. The van der Waals surface area contributed by atoms with Crippen molar-refractivity contribution in [1.29, 1.82) is 0 Å². The topological polar surface area (TPSA) is 128 Å². The molecular formula is C30H34N4O6S. The van der Waals surface area contributed by atoms with Crippen LogP contribution in [0.4, 0.5) is 10.8 Å². The van der Waals surface area contributed by atoms with Crippen LogP contribution >= 0.6 is 11.3 Å². The van der Waals surface area contributed by atoms with Gasteiger partial charge < -0.3 is 30.2 Å². The SMILES string of the molecule is COc1cc2c(c(OC)c1OC)-c1ccc(N[C@H](C)C(=O)Nc3nc4c(s3)CCC4)c(=O)cc1[C@@H](NC(C)=O)CC2. The third-order valence-corrected chi connectivity index (χ3v) is 8.58. The molecule has 2 amide bonds. The summed E-state index contributed by atoms with van der Waals surface area (Å²) in [6, 6.07) is 5.79. The lowest BCUT2D eigenvalue weighted by Gasteiger charge is -2.19. The highest BCUT2D eigenvalue weighted by Gasteiger charge is 2.30. The number of rotatable bonds is 8. The predicted molar refractivity (Wildman–Crippen MR) is 159 cm³/mol. The summed E-state index contributed by atoms with van der Waals surface area (Å²) in [6.07, 6.45) is 4.19. The molecule has 0 unspecified atom stereocenters. The number of carbonyl (C=O) groups is 2. The Hall–Kier alpha value is -4.12. The largest absolute Gasteiger partial charge is 0.493 e. The number of carbonyl (C=O) groups excluding carboxylic acids is 2. The number of benzene rings is 1. The average Bonchev–Trinajstić information content (AvgIpc) is 3.46. The first kappa shape index (κ1) is 28.4. The van der Waals surface area contributed by atoms with E-state index in [-0.39, 0.29) is 22.9 Å². The molecule has 0 fully saturated rings. The van der Waals surface area contributed by atoms with Crippen molar-refractivity contribution < 1.29 is 23.8 Å². The number of hydrogen-bond acceptors (Lipinski definition) is 9. The Kier molecular flexibility index (Phi) is 8.16. The lowest BCUT2D eigenvalue weighted by molar-refractivity contribution is -0.119. The van der Waals surface area contributed by atoms with Gasteiger partial charge in [-0.1, -0.05) is 6.07 Å². The van der Waals surface area contributed by atoms with Gasteiger partial charge in [0.05, 0.1) is 38.8 Å². The molecule has 3 aromatic rings. The third-order valence-electron chi connectivity index (χ3n) is 7.51. The van der Waals surface area contributed by atoms with Gasteiger partial charge in [0, 0.05) is 17.4 Å². The number of ether oxygens (including phenoxy) is 3. The normalized spacial score (nSPS) is 15.9. The Labute approximate surface area is 242 Å². The Morgan fingerprint density at radius 1 is 1.05 bits per heavy atom. The van der Waals surface area contributed by atoms with E-state index >= 15 is 0 Å². The van der Waals surface area contributed by atoms with E-state index in [2.05, 4.69) is 20.9 Å². The second-order valence-corrected chi connectivity index (χ2v) is 11.3. The van der Waals surface area contributed by atoms with Crippen molar-refractivity contribution in [3.8, 4) is 28.4 Å². The molecule has 2 atom stereocenters. The van der Waals surface area contributed by atoms with Crippen molar-refractivity contribution >= 4 is 34.0 Å². The first-order valence-corrected chi connectivity index (χ1v) is 14.4. The highest BCUT2D eigenvalue weighted by Crippen LogP contribution is 2.50. The first-order chi connectivity index (χ1) is 19.7. The van der Waals surface area contributed by atoms with Gasteiger partial charge in [-0.25, -0.2) is 4.98 Å². The zero-order chi connectivity index (χ0) is 29.3. The molecule has 41 heavy (non-hydrogen) atoms. The van der Waals surface area contributed by atoms with E-state index in [9.17, 15) is 14.4 Å². The average molecular weight is 579 g/mol. The quantitative estimate of drug-likeness (QED) is 0.362. The molecular weight excluding hydrogens is 544 g/mol. The second-order valence-electron chi connectivity index (χ2n) is 10.2. The van der Waals surface area contributed by atoms with Crippen molar-refractivity contribution in [1.82, 2.24) is 10.3 Å². The fraction of sp³-hybridized carbons (Fsp3) is 0.400. The molecule has 0 saturated heterocycles. The van der Waals surface area contributed by atoms with Crippen LogP contribution in [-0.2, 0) is 28.9 Å². The Balaban J connectivity index is 1.54. The molecule has 2 aliphatic carbocycles. The number of hydrogen-bond donors (Lipinski definition) is 3. The molecule has 0 bridgehead atoms. The maximum atomic E-state index is 13.5. The number of methoxy groups -OCH3 is 3. The smallest absolute Gasteiger partial charge is 0.248 e. The third kappa shape index (κ3) is 5.58. The van der Waals surface area contributed by atoms with E-state index in [1.165, 1.54) is 29.2 Å². The van der Waals surface area contributed by atoms with Crippen LogP contribution in [0.15, 0.2) is 29.1 Å². The van der Waals surface area contributed by atoms with Crippen molar-refractivity contribution in [2.75, 3.05) is 32.0 Å². The number of nitrogens with one attached hydrogen (secondary N) is 3. The second kappa shape index (κ2) is 11.8. The van der Waals surface area contributed by atoms with Crippen LogP contribution in [-0.4, -0.2) is 44.2 Å². The molecule has 2 aliphatic rings. The van der Waals surface area contributed by atoms with Crippen LogP contribution in [0, 0.1) is 0 Å². The van der Waals surface area contributed by atoms with E-state index in [1.54, 1.807) is 34.3 Å². The first-order valence-electron chi connectivity index (χ1n) is 13.6. The Bertz CT molecular complexity index is 1550. The molecule has 0 saturated carbocycles. The molecule has 2 aromatic carbocycles. The van der Waals surface area contributed by atoms with Crippen molar-refractivity contribution in [2.24, 2.45) is 0 Å². The summed E-state index contributed by atoms with van der Waals surface area (Å²) >= 11 is 1.50. The monoisotopic (exact) mass is 578 g/mol. The van der Waals surface area contributed by atoms with Gasteiger partial charge in [-0.2, -0.15) is 0 Å².